The molecule has 3 rings (SSSR count). The predicted molar refractivity (Wildman–Crippen MR) is 105 cm³/mol. The second-order valence-electron chi connectivity index (χ2n) is 5.85. The first-order valence-electron chi connectivity index (χ1n) is 8.08. The lowest BCUT2D eigenvalue weighted by Gasteiger charge is -2.10. The molecule has 0 aliphatic heterocycles. The lowest BCUT2D eigenvalue weighted by molar-refractivity contribution is -0.136. The highest BCUT2D eigenvalue weighted by molar-refractivity contribution is 7.19. The van der Waals surface area contributed by atoms with Gasteiger partial charge in [-0.15, -0.1) is 11.3 Å². The molecule has 2 N–H and O–H groups in total. The summed E-state index contributed by atoms with van der Waals surface area (Å²) in [7, 11) is 2.56. The minimum Gasteiger partial charge on any atom is -0.454 e. The number of carbonyl (C=O) groups is 2. The van der Waals surface area contributed by atoms with E-state index < -0.39 is 35.2 Å². The second-order valence-corrected chi connectivity index (χ2v) is 6.91. The Kier molecular flexibility index (Phi) is 5.23. The van der Waals surface area contributed by atoms with Crippen molar-refractivity contribution in [3.8, 4) is 0 Å². The van der Waals surface area contributed by atoms with Crippen LogP contribution in [0.1, 0.15) is 15.4 Å². The fraction of sp³-hybridized carbons (Fsp3) is 0.167. The second kappa shape index (κ2) is 7.61. The Morgan fingerprint density at radius 3 is 2.64 bits per heavy atom. The largest absolute Gasteiger partial charge is 0.454 e. The van der Waals surface area contributed by atoms with E-state index in [0.717, 1.165) is 25.4 Å². The quantitative estimate of drug-likeness (QED) is 0.380. The number of anilines is 1. The maximum absolute atomic E-state index is 12.3. The Labute approximate surface area is 162 Å². The van der Waals surface area contributed by atoms with Crippen LogP contribution in [0.4, 0.5) is 5.82 Å². The molecule has 0 radical (unpaired) electrons. The number of ketones is 1. The van der Waals surface area contributed by atoms with Crippen LogP contribution < -0.4 is 17.0 Å². The summed E-state index contributed by atoms with van der Waals surface area (Å²) >= 11 is 1.40. The number of nitrogens with zero attached hydrogens (tertiary/aromatic N) is 3. The maximum atomic E-state index is 12.3. The summed E-state index contributed by atoms with van der Waals surface area (Å²) in [6, 6.07) is 7.53. The zero-order valence-electron chi connectivity index (χ0n) is 15.0. The Balaban J connectivity index is 1.70. The van der Waals surface area contributed by atoms with Crippen molar-refractivity contribution in [3.05, 3.63) is 61.8 Å². The number of Topliss-reactive ketones (excluding diaryl/α,β-unsaturated/α-hetero) is 1. The first-order valence-corrected chi connectivity index (χ1v) is 8.90. The highest BCUT2D eigenvalue weighted by atomic mass is 32.1. The SMILES string of the molecule is Cn1c(N)c(C(=O)COC(=O)C=Cc2nc3ccccc3s2)c(=O)n(C)c1=O. The average molecular weight is 400 g/mol. The summed E-state index contributed by atoms with van der Waals surface area (Å²) in [5, 5.41) is 0.612. The fourth-order valence-corrected chi connectivity index (χ4v) is 3.35. The molecule has 3 aromatic rings. The van der Waals surface area contributed by atoms with E-state index in [1.165, 1.54) is 31.5 Å². The van der Waals surface area contributed by atoms with Crippen LogP contribution in [0.3, 0.4) is 0 Å². The normalized spacial score (nSPS) is 11.2. The van der Waals surface area contributed by atoms with Gasteiger partial charge in [-0.1, -0.05) is 12.1 Å². The summed E-state index contributed by atoms with van der Waals surface area (Å²) in [5.74, 6) is -1.84. The molecule has 28 heavy (non-hydrogen) atoms. The summed E-state index contributed by atoms with van der Waals surface area (Å²) in [6.07, 6.45) is 2.63. The molecule has 0 bridgehead atoms. The molecular weight excluding hydrogens is 384 g/mol. The van der Waals surface area contributed by atoms with E-state index in [-0.39, 0.29) is 5.82 Å². The Morgan fingerprint density at radius 1 is 1.21 bits per heavy atom. The van der Waals surface area contributed by atoms with Crippen molar-refractivity contribution in [2.75, 3.05) is 12.3 Å². The zero-order valence-corrected chi connectivity index (χ0v) is 15.9. The summed E-state index contributed by atoms with van der Waals surface area (Å²) in [6.45, 7) is -0.680. The molecule has 0 amide bonds. The lowest BCUT2D eigenvalue weighted by atomic mass is 10.2. The van der Waals surface area contributed by atoms with Gasteiger partial charge in [-0.25, -0.2) is 14.6 Å². The molecule has 0 aliphatic carbocycles. The van der Waals surface area contributed by atoms with Crippen LogP contribution in [0.2, 0.25) is 0 Å². The number of rotatable bonds is 5. The number of ether oxygens (including phenoxy) is 1. The summed E-state index contributed by atoms with van der Waals surface area (Å²) in [5.41, 5.74) is 4.62. The molecule has 0 aliphatic rings. The van der Waals surface area contributed by atoms with Gasteiger partial charge in [0, 0.05) is 20.2 Å². The van der Waals surface area contributed by atoms with Crippen LogP contribution >= 0.6 is 11.3 Å². The number of nitrogen functional groups attached to an aromatic ring is 1. The molecule has 0 saturated heterocycles. The molecule has 9 nitrogen and oxygen atoms in total. The van der Waals surface area contributed by atoms with Gasteiger partial charge in [0.25, 0.3) is 5.56 Å². The monoisotopic (exact) mass is 400 g/mol. The van der Waals surface area contributed by atoms with Gasteiger partial charge in [0.15, 0.2) is 6.61 Å². The van der Waals surface area contributed by atoms with Crippen LogP contribution in [-0.4, -0.2) is 32.5 Å². The van der Waals surface area contributed by atoms with E-state index in [1.54, 1.807) is 0 Å². The smallest absolute Gasteiger partial charge is 0.332 e. The molecule has 1 aromatic carbocycles. The van der Waals surface area contributed by atoms with Gasteiger partial charge < -0.3 is 10.5 Å². The maximum Gasteiger partial charge on any atom is 0.332 e. The van der Waals surface area contributed by atoms with E-state index >= 15 is 0 Å². The van der Waals surface area contributed by atoms with Crippen LogP contribution in [0, 0.1) is 0 Å². The number of para-hydroxylation sites is 1. The highest BCUT2D eigenvalue weighted by Gasteiger charge is 2.21. The number of carbonyl (C=O) groups excluding carboxylic acids is 2. The molecule has 144 valence electrons. The zero-order chi connectivity index (χ0) is 20.4. The minimum atomic E-state index is -0.841. The molecule has 0 spiro atoms. The van der Waals surface area contributed by atoms with Crippen LogP contribution in [0.15, 0.2) is 39.9 Å². The van der Waals surface area contributed by atoms with Crippen molar-refractivity contribution in [3.63, 3.8) is 0 Å². The van der Waals surface area contributed by atoms with Crippen molar-refractivity contribution < 1.29 is 14.3 Å². The molecule has 0 fully saturated rings. The molecule has 2 heterocycles. The van der Waals surface area contributed by atoms with Crippen molar-refractivity contribution >= 4 is 45.2 Å². The summed E-state index contributed by atoms with van der Waals surface area (Å²) < 4.78 is 7.60. The number of hydrogen-bond acceptors (Lipinski definition) is 8. The average Bonchev–Trinajstić information content (AvgIpc) is 3.11. The van der Waals surface area contributed by atoms with Gasteiger partial charge in [-0.3, -0.25) is 18.7 Å². The fourth-order valence-electron chi connectivity index (χ4n) is 2.48. The first kappa shape index (κ1) is 19.2. The third kappa shape index (κ3) is 3.62. The van der Waals surface area contributed by atoms with Crippen molar-refractivity contribution in [1.82, 2.24) is 14.1 Å². The van der Waals surface area contributed by atoms with Crippen molar-refractivity contribution in [1.29, 1.82) is 0 Å². The minimum absolute atomic E-state index is 0.279. The first-order chi connectivity index (χ1) is 13.3. The van der Waals surface area contributed by atoms with E-state index in [2.05, 4.69) is 4.98 Å². The van der Waals surface area contributed by atoms with Crippen molar-refractivity contribution in [2.45, 2.75) is 0 Å². The third-order valence-electron chi connectivity index (χ3n) is 4.01. The Morgan fingerprint density at radius 2 is 1.93 bits per heavy atom. The van der Waals surface area contributed by atoms with Gasteiger partial charge in [0.1, 0.15) is 16.4 Å². The van der Waals surface area contributed by atoms with E-state index in [9.17, 15) is 19.2 Å². The van der Waals surface area contributed by atoms with Gasteiger partial charge in [0.2, 0.25) is 5.78 Å². The Bertz CT molecular complexity index is 1200. The van der Waals surface area contributed by atoms with E-state index in [0.29, 0.717) is 5.01 Å². The third-order valence-corrected chi connectivity index (χ3v) is 5.01. The highest BCUT2D eigenvalue weighted by Crippen LogP contribution is 2.22. The number of fused-ring (bicyclic) bond motifs is 1. The number of hydrogen-bond donors (Lipinski definition) is 1. The van der Waals surface area contributed by atoms with Gasteiger partial charge >= 0.3 is 11.7 Å². The standard InChI is InChI=1S/C18H16N4O5S/c1-21-16(19)15(17(25)22(2)18(21)26)11(23)9-27-14(24)8-7-13-20-10-5-3-4-6-12(10)28-13/h3-8H,9,19H2,1-2H3. The Hall–Kier alpha value is -3.53. The number of esters is 1. The van der Waals surface area contributed by atoms with Crippen LogP contribution in [0.25, 0.3) is 16.3 Å². The number of aromatic nitrogens is 3. The molecule has 0 atom stereocenters. The van der Waals surface area contributed by atoms with Crippen LogP contribution in [-0.2, 0) is 23.6 Å². The number of nitrogens with two attached hydrogens (primary N) is 1. The molecule has 10 heteroatoms. The van der Waals surface area contributed by atoms with E-state index in [4.69, 9.17) is 10.5 Å². The molecule has 0 unspecified atom stereocenters. The molecular formula is C18H16N4O5S. The van der Waals surface area contributed by atoms with E-state index in [1.807, 2.05) is 24.3 Å². The molecule has 0 saturated carbocycles. The lowest BCUT2D eigenvalue weighted by Crippen LogP contribution is -2.42. The number of benzene rings is 1. The topological polar surface area (TPSA) is 126 Å². The van der Waals surface area contributed by atoms with Gasteiger partial charge in [-0.05, 0) is 18.2 Å². The predicted octanol–water partition coefficient (Wildman–Crippen LogP) is 0.715. The van der Waals surface area contributed by atoms with Crippen LogP contribution in [0.5, 0.6) is 0 Å². The van der Waals surface area contributed by atoms with Gasteiger partial charge in [0.05, 0.1) is 10.2 Å². The molecule has 2 aromatic heterocycles. The summed E-state index contributed by atoms with van der Waals surface area (Å²) in [4.78, 5) is 52.4. The van der Waals surface area contributed by atoms with Gasteiger partial charge in [-0.2, -0.15) is 0 Å². The number of thiazole rings is 1. The van der Waals surface area contributed by atoms with Crippen molar-refractivity contribution in [2.24, 2.45) is 14.1 Å².